The highest BCUT2D eigenvalue weighted by molar-refractivity contribution is 7.71. The largest absolute Gasteiger partial charge is 0.273 e. The molecule has 0 unspecified atom stereocenters. The standard InChI is InChI=1S/C17H23N3OS/c1-3-4-5-6-7-10-15(21)19-20-16-14(9-8-11-18-16)12-13(2)17(20)22/h8-9,11-12H,3-7,10H2,1-2H3,(H,19,21). The van der Waals surface area contributed by atoms with E-state index in [1.807, 2.05) is 25.1 Å². The Labute approximate surface area is 136 Å². The molecule has 0 atom stereocenters. The summed E-state index contributed by atoms with van der Waals surface area (Å²) in [5.74, 6) is -0.00912. The maximum Gasteiger partial charge on any atom is 0.238 e. The number of nitrogens with zero attached hydrogens (tertiary/aromatic N) is 2. The van der Waals surface area contributed by atoms with Crippen molar-refractivity contribution in [1.82, 2.24) is 9.66 Å². The van der Waals surface area contributed by atoms with E-state index >= 15 is 0 Å². The van der Waals surface area contributed by atoms with Crippen LogP contribution in [0.5, 0.6) is 0 Å². The van der Waals surface area contributed by atoms with Gasteiger partial charge in [-0.1, -0.05) is 44.8 Å². The van der Waals surface area contributed by atoms with Crippen LogP contribution in [0, 0.1) is 11.6 Å². The molecular weight excluding hydrogens is 294 g/mol. The van der Waals surface area contributed by atoms with E-state index < -0.39 is 0 Å². The zero-order chi connectivity index (χ0) is 15.9. The first kappa shape index (κ1) is 16.6. The molecule has 2 heterocycles. The molecule has 2 aromatic heterocycles. The van der Waals surface area contributed by atoms with Crippen molar-refractivity contribution in [3.05, 3.63) is 34.6 Å². The van der Waals surface area contributed by atoms with Gasteiger partial charge in [0.2, 0.25) is 5.91 Å². The molecule has 0 bridgehead atoms. The van der Waals surface area contributed by atoms with Gasteiger partial charge in [0.05, 0.1) is 0 Å². The molecule has 4 nitrogen and oxygen atoms in total. The Morgan fingerprint density at radius 2 is 2.09 bits per heavy atom. The summed E-state index contributed by atoms with van der Waals surface area (Å²) in [5.41, 5.74) is 4.55. The Hall–Kier alpha value is -1.75. The number of nitrogens with one attached hydrogen (secondary N) is 1. The van der Waals surface area contributed by atoms with E-state index in [9.17, 15) is 4.79 Å². The van der Waals surface area contributed by atoms with E-state index in [2.05, 4.69) is 17.3 Å². The molecule has 118 valence electrons. The normalized spacial score (nSPS) is 10.8. The highest BCUT2D eigenvalue weighted by Crippen LogP contribution is 2.14. The number of amides is 1. The molecule has 0 fully saturated rings. The third kappa shape index (κ3) is 4.13. The maximum absolute atomic E-state index is 12.1. The number of rotatable bonds is 7. The lowest BCUT2D eigenvalue weighted by Gasteiger charge is -2.13. The van der Waals surface area contributed by atoms with Gasteiger partial charge in [0.1, 0.15) is 4.64 Å². The molecule has 0 saturated heterocycles. The van der Waals surface area contributed by atoms with Crippen LogP contribution in [0.3, 0.4) is 0 Å². The number of hydrogen-bond donors (Lipinski definition) is 1. The molecule has 0 aromatic carbocycles. The highest BCUT2D eigenvalue weighted by Gasteiger charge is 2.08. The number of pyridine rings is 2. The van der Waals surface area contributed by atoms with Crippen molar-refractivity contribution in [2.75, 3.05) is 5.43 Å². The molecule has 0 saturated carbocycles. The molecule has 1 N–H and O–H groups in total. The van der Waals surface area contributed by atoms with Crippen molar-refractivity contribution in [2.45, 2.75) is 52.4 Å². The molecule has 22 heavy (non-hydrogen) atoms. The summed E-state index contributed by atoms with van der Waals surface area (Å²) < 4.78 is 2.24. The highest BCUT2D eigenvalue weighted by atomic mass is 32.1. The molecule has 0 spiro atoms. The lowest BCUT2D eigenvalue weighted by molar-refractivity contribution is -0.117. The molecule has 2 aromatic rings. The Morgan fingerprint density at radius 1 is 1.32 bits per heavy atom. The second kappa shape index (κ2) is 8.03. The smallest absolute Gasteiger partial charge is 0.238 e. The van der Waals surface area contributed by atoms with Gasteiger partial charge in [0, 0.05) is 18.0 Å². The van der Waals surface area contributed by atoms with Gasteiger partial charge in [-0.25, -0.2) is 9.66 Å². The van der Waals surface area contributed by atoms with Crippen LogP contribution in [0.25, 0.3) is 11.0 Å². The fraction of sp³-hybridized carbons (Fsp3) is 0.471. The minimum atomic E-state index is -0.00912. The van der Waals surface area contributed by atoms with E-state index in [1.54, 1.807) is 10.9 Å². The maximum atomic E-state index is 12.1. The van der Waals surface area contributed by atoms with Crippen LogP contribution in [0.1, 0.15) is 51.0 Å². The van der Waals surface area contributed by atoms with E-state index in [0.29, 0.717) is 16.7 Å². The van der Waals surface area contributed by atoms with Gasteiger partial charge in [-0.05, 0) is 37.1 Å². The van der Waals surface area contributed by atoms with Crippen LogP contribution in [0.15, 0.2) is 24.4 Å². The summed E-state index contributed by atoms with van der Waals surface area (Å²) in [6, 6.07) is 5.85. The second-order valence-corrected chi connectivity index (χ2v) is 5.97. The SMILES string of the molecule is CCCCCCCC(=O)Nn1c(=S)c(C)cc2cccnc21. The predicted octanol–water partition coefficient (Wildman–Crippen LogP) is 4.50. The molecule has 1 amide bonds. The molecule has 0 radical (unpaired) electrons. The fourth-order valence-corrected chi connectivity index (χ4v) is 2.64. The first-order valence-electron chi connectivity index (χ1n) is 7.90. The van der Waals surface area contributed by atoms with Crippen molar-refractivity contribution < 1.29 is 4.79 Å². The third-order valence-electron chi connectivity index (χ3n) is 3.69. The van der Waals surface area contributed by atoms with Crippen molar-refractivity contribution in [3.8, 4) is 0 Å². The van der Waals surface area contributed by atoms with Gasteiger partial charge in [0.25, 0.3) is 0 Å². The van der Waals surface area contributed by atoms with Gasteiger partial charge in [-0.3, -0.25) is 10.2 Å². The van der Waals surface area contributed by atoms with Crippen molar-refractivity contribution in [2.24, 2.45) is 0 Å². The van der Waals surface area contributed by atoms with E-state index in [-0.39, 0.29) is 5.91 Å². The summed E-state index contributed by atoms with van der Waals surface area (Å²) >= 11 is 5.42. The number of aryl methyl sites for hydroxylation is 1. The van der Waals surface area contributed by atoms with E-state index in [0.717, 1.165) is 23.8 Å². The van der Waals surface area contributed by atoms with Gasteiger partial charge >= 0.3 is 0 Å². The summed E-state index contributed by atoms with van der Waals surface area (Å²) in [6.45, 7) is 4.13. The molecule has 0 aliphatic heterocycles. The molecular formula is C17H23N3OS. The Balaban J connectivity index is 2.09. The molecule has 0 aliphatic carbocycles. The van der Waals surface area contributed by atoms with Crippen LogP contribution < -0.4 is 5.43 Å². The number of unbranched alkanes of at least 4 members (excludes halogenated alkanes) is 4. The van der Waals surface area contributed by atoms with Crippen molar-refractivity contribution in [3.63, 3.8) is 0 Å². The summed E-state index contributed by atoms with van der Waals surface area (Å²) in [4.78, 5) is 16.5. The number of carbonyl (C=O) groups excluding carboxylic acids is 1. The van der Waals surface area contributed by atoms with Gasteiger partial charge in [-0.15, -0.1) is 0 Å². The minimum absolute atomic E-state index is 0.00912. The lowest BCUT2D eigenvalue weighted by Crippen LogP contribution is -2.24. The van der Waals surface area contributed by atoms with E-state index in [4.69, 9.17) is 12.2 Å². The predicted molar refractivity (Wildman–Crippen MR) is 93.0 cm³/mol. The summed E-state index contributed by atoms with van der Waals surface area (Å²) in [7, 11) is 0. The zero-order valence-corrected chi connectivity index (χ0v) is 14.1. The van der Waals surface area contributed by atoms with Crippen LogP contribution in [0.2, 0.25) is 0 Å². The number of aromatic nitrogens is 2. The lowest BCUT2D eigenvalue weighted by atomic mass is 10.1. The van der Waals surface area contributed by atoms with Crippen LogP contribution in [-0.4, -0.2) is 15.6 Å². The number of hydrogen-bond acceptors (Lipinski definition) is 3. The second-order valence-electron chi connectivity index (χ2n) is 5.58. The Kier molecular flexibility index (Phi) is 6.07. The summed E-state index contributed by atoms with van der Waals surface area (Å²) in [5, 5.41) is 0.969. The molecule has 0 aliphatic rings. The monoisotopic (exact) mass is 317 g/mol. The van der Waals surface area contributed by atoms with Gasteiger partial charge in [-0.2, -0.15) is 0 Å². The zero-order valence-electron chi connectivity index (χ0n) is 13.3. The average molecular weight is 317 g/mol. The summed E-state index contributed by atoms with van der Waals surface area (Å²) in [6.07, 6.45) is 7.88. The number of fused-ring (bicyclic) bond motifs is 1. The fourth-order valence-electron chi connectivity index (χ4n) is 2.45. The van der Waals surface area contributed by atoms with Gasteiger partial charge < -0.3 is 0 Å². The van der Waals surface area contributed by atoms with Crippen molar-refractivity contribution in [1.29, 1.82) is 0 Å². The van der Waals surface area contributed by atoms with Crippen LogP contribution >= 0.6 is 12.2 Å². The van der Waals surface area contributed by atoms with Crippen LogP contribution in [-0.2, 0) is 4.79 Å². The minimum Gasteiger partial charge on any atom is -0.273 e. The van der Waals surface area contributed by atoms with E-state index in [1.165, 1.54) is 19.3 Å². The average Bonchev–Trinajstić information content (AvgIpc) is 2.51. The Morgan fingerprint density at radius 3 is 2.86 bits per heavy atom. The molecule has 2 rings (SSSR count). The van der Waals surface area contributed by atoms with Crippen molar-refractivity contribution >= 4 is 29.2 Å². The quantitative estimate of drug-likeness (QED) is 0.604. The van der Waals surface area contributed by atoms with Crippen LogP contribution in [0.4, 0.5) is 0 Å². The number of carbonyl (C=O) groups is 1. The first-order valence-corrected chi connectivity index (χ1v) is 8.31. The first-order chi connectivity index (χ1) is 10.6. The topological polar surface area (TPSA) is 46.9 Å². The third-order valence-corrected chi connectivity index (χ3v) is 4.19. The van der Waals surface area contributed by atoms with Gasteiger partial charge in [0.15, 0.2) is 5.65 Å². The Bertz CT molecular complexity index is 709. The molecule has 5 heteroatoms.